The van der Waals surface area contributed by atoms with Crippen LogP contribution < -0.4 is 11.4 Å². The molecule has 24 heavy (non-hydrogen) atoms. The van der Waals surface area contributed by atoms with Crippen LogP contribution in [0.5, 0.6) is 0 Å². The van der Waals surface area contributed by atoms with Crippen LogP contribution in [0.3, 0.4) is 0 Å². The molecular formula is C12H20N3O8P. The van der Waals surface area contributed by atoms with E-state index in [0.29, 0.717) is 0 Å². The minimum atomic E-state index is -4.08. The van der Waals surface area contributed by atoms with Gasteiger partial charge in [-0.15, -0.1) is 0 Å². The van der Waals surface area contributed by atoms with Crippen LogP contribution in [0, 0.1) is 0 Å². The number of rotatable bonds is 6. The third-order valence-corrected chi connectivity index (χ3v) is 5.03. The molecule has 2 heterocycles. The van der Waals surface area contributed by atoms with E-state index >= 15 is 0 Å². The standard InChI is InChI=1S/C12H20N3O8P/c1-2-22-24(20,21)5-6(16)10-8(17)9(18)11(23-10)15-4-3-7(13)14-12(15)19/h3-4,6,8-11,16-18H,2,5H2,1H3,(H,20,21)(H2,13,14,19)/t6-,8-,9+,10+,11+/m0/s1. The quantitative estimate of drug-likeness (QED) is 0.355. The topological polar surface area (TPSA) is 177 Å². The molecular weight excluding hydrogens is 345 g/mol. The maximum atomic E-state index is 11.8. The number of hydrogen-bond donors (Lipinski definition) is 5. The smallest absolute Gasteiger partial charge is 0.351 e. The van der Waals surface area contributed by atoms with Gasteiger partial charge in [0, 0.05) is 6.20 Å². The highest BCUT2D eigenvalue weighted by Gasteiger charge is 2.48. The van der Waals surface area contributed by atoms with Crippen LogP contribution in [0.15, 0.2) is 17.1 Å². The van der Waals surface area contributed by atoms with Gasteiger partial charge in [0.05, 0.1) is 18.9 Å². The van der Waals surface area contributed by atoms with E-state index in [1.807, 2.05) is 0 Å². The number of aromatic nitrogens is 2. The number of hydrogen-bond acceptors (Lipinski definition) is 9. The van der Waals surface area contributed by atoms with Gasteiger partial charge in [-0.1, -0.05) is 0 Å². The molecule has 0 saturated carbocycles. The van der Waals surface area contributed by atoms with Gasteiger partial charge in [0.15, 0.2) is 6.23 Å². The maximum Gasteiger partial charge on any atom is 0.351 e. The Kier molecular flexibility index (Phi) is 5.76. The summed E-state index contributed by atoms with van der Waals surface area (Å²) in [5.74, 6) is -0.0289. The van der Waals surface area contributed by atoms with Gasteiger partial charge in [0.25, 0.3) is 0 Å². The summed E-state index contributed by atoms with van der Waals surface area (Å²) in [6, 6.07) is 1.30. The van der Waals surface area contributed by atoms with Crippen molar-refractivity contribution in [3.05, 3.63) is 22.7 Å². The summed E-state index contributed by atoms with van der Waals surface area (Å²) in [6.45, 7) is 1.48. The predicted octanol–water partition coefficient (Wildman–Crippen LogP) is -1.97. The largest absolute Gasteiger partial charge is 0.390 e. The van der Waals surface area contributed by atoms with Gasteiger partial charge >= 0.3 is 13.3 Å². The highest BCUT2D eigenvalue weighted by molar-refractivity contribution is 7.52. The molecule has 11 nitrogen and oxygen atoms in total. The molecule has 136 valence electrons. The van der Waals surface area contributed by atoms with E-state index in [1.54, 1.807) is 0 Å². The first kappa shape index (κ1) is 19.0. The lowest BCUT2D eigenvalue weighted by Crippen LogP contribution is -2.40. The van der Waals surface area contributed by atoms with Gasteiger partial charge < -0.3 is 35.2 Å². The summed E-state index contributed by atoms with van der Waals surface area (Å²) in [5, 5.41) is 30.1. The van der Waals surface area contributed by atoms with E-state index < -0.39 is 50.1 Å². The van der Waals surface area contributed by atoms with Crippen LogP contribution in [0.1, 0.15) is 13.2 Å². The molecule has 6 N–H and O–H groups in total. The number of nitrogens with zero attached hydrogens (tertiary/aromatic N) is 2. The van der Waals surface area contributed by atoms with Crippen LogP contribution in [0.4, 0.5) is 5.82 Å². The van der Waals surface area contributed by atoms with Crippen molar-refractivity contribution >= 4 is 13.4 Å². The highest BCUT2D eigenvalue weighted by atomic mass is 31.2. The molecule has 1 unspecified atom stereocenters. The van der Waals surface area contributed by atoms with E-state index in [1.165, 1.54) is 19.2 Å². The molecule has 12 heteroatoms. The molecule has 0 amide bonds. The number of aliphatic hydroxyl groups excluding tert-OH is 3. The monoisotopic (exact) mass is 365 g/mol. The van der Waals surface area contributed by atoms with Crippen LogP contribution in [0.25, 0.3) is 0 Å². The molecule has 0 aromatic carbocycles. The molecule has 1 aliphatic heterocycles. The Bertz CT molecular complexity index is 683. The first-order chi connectivity index (χ1) is 11.2. The van der Waals surface area contributed by atoms with Crippen molar-refractivity contribution in [1.82, 2.24) is 9.55 Å². The Labute approximate surface area is 136 Å². The Morgan fingerprint density at radius 1 is 1.50 bits per heavy atom. The molecule has 6 atom stereocenters. The van der Waals surface area contributed by atoms with Crippen LogP contribution in [-0.2, 0) is 13.8 Å². The Hall–Kier alpha value is -1.33. The van der Waals surface area contributed by atoms with Crippen molar-refractivity contribution in [1.29, 1.82) is 0 Å². The van der Waals surface area contributed by atoms with Crippen LogP contribution >= 0.6 is 7.60 Å². The van der Waals surface area contributed by atoms with E-state index in [2.05, 4.69) is 9.51 Å². The number of anilines is 1. The van der Waals surface area contributed by atoms with Gasteiger partial charge in [-0.25, -0.2) is 4.79 Å². The molecule has 1 saturated heterocycles. The van der Waals surface area contributed by atoms with Crippen molar-refractivity contribution in [2.24, 2.45) is 0 Å². The summed E-state index contributed by atoms with van der Waals surface area (Å²) in [7, 11) is -4.08. The Balaban J connectivity index is 2.17. The van der Waals surface area contributed by atoms with Crippen molar-refractivity contribution in [2.45, 2.75) is 37.6 Å². The molecule has 2 rings (SSSR count). The van der Waals surface area contributed by atoms with E-state index in [9.17, 15) is 29.6 Å². The zero-order chi connectivity index (χ0) is 18.1. The lowest BCUT2D eigenvalue weighted by atomic mass is 10.1. The van der Waals surface area contributed by atoms with Gasteiger partial charge in [-0.05, 0) is 13.0 Å². The summed E-state index contributed by atoms with van der Waals surface area (Å²) in [5.41, 5.74) is 4.56. The fourth-order valence-electron chi connectivity index (χ4n) is 2.45. The molecule has 1 aromatic rings. The SMILES string of the molecule is CCOP(=O)(O)C[C@H](O)[C@H]1O[C@@H](n2ccc(N)nc2=O)[C@H](O)[C@@H]1O. The van der Waals surface area contributed by atoms with Crippen LogP contribution in [0.2, 0.25) is 0 Å². The summed E-state index contributed by atoms with van der Waals surface area (Å²) in [6.07, 6.45) is -6.94. The zero-order valence-corrected chi connectivity index (χ0v) is 13.7. The molecule has 0 spiro atoms. The second kappa shape index (κ2) is 7.28. The highest BCUT2D eigenvalue weighted by Crippen LogP contribution is 2.44. The molecule has 1 aliphatic rings. The Morgan fingerprint density at radius 2 is 2.17 bits per heavy atom. The van der Waals surface area contributed by atoms with E-state index in [4.69, 9.17) is 10.5 Å². The van der Waals surface area contributed by atoms with Gasteiger partial charge in [0.2, 0.25) is 0 Å². The summed E-state index contributed by atoms with van der Waals surface area (Å²) >= 11 is 0. The minimum Gasteiger partial charge on any atom is -0.390 e. The van der Waals surface area contributed by atoms with Gasteiger partial charge in [-0.2, -0.15) is 4.98 Å². The fourth-order valence-corrected chi connectivity index (χ4v) is 3.64. The second-order valence-corrected chi connectivity index (χ2v) is 7.22. The van der Waals surface area contributed by atoms with E-state index in [-0.39, 0.29) is 12.4 Å². The molecule has 0 bridgehead atoms. The first-order valence-corrected chi connectivity index (χ1v) is 8.93. The number of ether oxygens (including phenoxy) is 1. The summed E-state index contributed by atoms with van der Waals surface area (Å²) < 4.78 is 22.6. The molecule has 0 radical (unpaired) electrons. The number of aliphatic hydroxyl groups is 3. The zero-order valence-electron chi connectivity index (χ0n) is 12.8. The lowest BCUT2D eigenvalue weighted by Gasteiger charge is -2.22. The summed E-state index contributed by atoms with van der Waals surface area (Å²) in [4.78, 5) is 24.8. The van der Waals surface area contributed by atoms with Gasteiger partial charge in [0.1, 0.15) is 24.1 Å². The predicted molar refractivity (Wildman–Crippen MR) is 81.2 cm³/mol. The number of nitrogen functional groups attached to an aromatic ring is 1. The van der Waals surface area contributed by atoms with Crippen molar-refractivity contribution in [3.63, 3.8) is 0 Å². The van der Waals surface area contributed by atoms with Crippen LogP contribution in [-0.4, -0.2) is 66.9 Å². The molecule has 1 aromatic heterocycles. The normalized spacial score (nSPS) is 30.9. The molecule has 1 fully saturated rings. The average molecular weight is 365 g/mol. The molecule has 0 aliphatic carbocycles. The second-order valence-electron chi connectivity index (χ2n) is 5.32. The minimum absolute atomic E-state index is 0.0289. The van der Waals surface area contributed by atoms with Crippen molar-refractivity contribution in [3.8, 4) is 0 Å². The third kappa shape index (κ3) is 4.01. The third-order valence-electron chi connectivity index (χ3n) is 3.53. The van der Waals surface area contributed by atoms with Crippen molar-refractivity contribution < 1.29 is 34.0 Å². The van der Waals surface area contributed by atoms with Gasteiger partial charge in [-0.3, -0.25) is 9.13 Å². The fraction of sp³-hybridized carbons (Fsp3) is 0.667. The lowest BCUT2D eigenvalue weighted by molar-refractivity contribution is -0.0803. The first-order valence-electron chi connectivity index (χ1n) is 7.17. The van der Waals surface area contributed by atoms with Crippen molar-refractivity contribution in [2.75, 3.05) is 18.5 Å². The van der Waals surface area contributed by atoms with E-state index in [0.717, 1.165) is 4.57 Å². The average Bonchev–Trinajstić information content (AvgIpc) is 2.75. The number of nitrogens with two attached hydrogens (primary N) is 1. The maximum absolute atomic E-state index is 11.8. The Morgan fingerprint density at radius 3 is 2.75 bits per heavy atom.